The lowest BCUT2D eigenvalue weighted by molar-refractivity contribution is -0.127. The molecule has 3 heterocycles. The normalized spacial score (nSPS) is 25.5. The Morgan fingerprint density at radius 2 is 1.98 bits per heavy atom. The number of anilines is 1. The minimum atomic E-state index is -1.11. The summed E-state index contributed by atoms with van der Waals surface area (Å²) in [4.78, 5) is 16.8. The summed E-state index contributed by atoms with van der Waals surface area (Å²) < 4.78 is 25.4. The third-order valence-corrected chi connectivity index (χ3v) is 10.7. The van der Waals surface area contributed by atoms with Crippen LogP contribution < -0.4 is 10.1 Å². The number of aromatic nitrogens is 2. The first-order valence-electron chi connectivity index (χ1n) is 14.2. The molecule has 1 aromatic heterocycles. The first-order chi connectivity index (χ1) is 20.1. The van der Waals surface area contributed by atoms with Crippen LogP contribution >= 0.6 is 39.1 Å². The zero-order chi connectivity index (χ0) is 29.3. The molecule has 7 rings (SSSR count). The lowest BCUT2D eigenvalue weighted by Gasteiger charge is -2.40. The van der Waals surface area contributed by atoms with Crippen molar-refractivity contribution in [3.05, 3.63) is 86.1 Å². The van der Waals surface area contributed by atoms with Crippen LogP contribution in [0.25, 0.3) is 10.9 Å². The van der Waals surface area contributed by atoms with Crippen molar-refractivity contribution in [2.45, 2.75) is 50.7 Å². The SMILES string of the molecule is Cc1cc2nn3c(c2cc1Br)OC[C@H]1[C@@H](C3)[C@H](c2cccc(Cl)c2F)[C@](C)(C(=O)Nc2cccc(Cl)c2)N1CC1CC1. The highest BCUT2D eigenvalue weighted by atomic mass is 79.9. The van der Waals surface area contributed by atoms with Crippen molar-refractivity contribution in [3.63, 3.8) is 0 Å². The number of amides is 1. The van der Waals surface area contributed by atoms with E-state index in [1.807, 2.05) is 36.7 Å². The number of rotatable bonds is 5. The van der Waals surface area contributed by atoms with E-state index in [0.717, 1.165) is 40.3 Å². The Kier molecular flexibility index (Phi) is 7.04. The first-order valence-corrected chi connectivity index (χ1v) is 15.8. The lowest BCUT2D eigenvalue weighted by atomic mass is 9.74. The van der Waals surface area contributed by atoms with Crippen LogP contribution in [0, 0.1) is 24.6 Å². The summed E-state index contributed by atoms with van der Waals surface area (Å²) in [6, 6.07) is 16.1. The maximum absolute atomic E-state index is 16.0. The van der Waals surface area contributed by atoms with Crippen LogP contribution in [0.5, 0.6) is 5.88 Å². The molecule has 1 aliphatic carbocycles. The highest BCUT2D eigenvalue weighted by molar-refractivity contribution is 9.10. The second-order valence-corrected chi connectivity index (χ2v) is 13.7. The number of ether oxygens (including phenoxy) is 1. The highest BCUT2D eigenvalue weighted by Crippen LogP contribution is 2.54. The van der Waals surface area contributed by atoms with Gasteiger partial charge in [0.1, 0.15) is 18.0 Å². The van der Waals surface area contributed by atoms with Gasteiger partial charge in [0.15, 0.2) is 0 Å². The van der Waals surface area contributed by atoms with Gasteiger partial charge in [-0.15, -0.1) is 0 Å². The fourth-order valence-corrected chi connectivity index (χ4v) is 7.72. The molecule has 0 radical (unpaired) electrons. The Labute approximate surface area is 262 Å². The topological polar surface area (TPSA) is 59.4 Å². The van der Waals surface area contributed by atoms with Gasteiger partial charge in [-0.05, 0) is 80.1 Å². The van der Waals surface area contributed by atoms with Crippen LogP contribution in [0.15, 0.2) is 59.1 Å². The van der Waals surface area contributed by atoms with Crippen molar-refractivity contribution in [1.82, 2.24) is 14.7 Å². The predicted molar refractivity (Wildman–Crippen MR) is 167 cm³/mol. The van der Waals surface area contributed by atoms with Gasteiger partial charge in [-0.2, -0.15) is 5.10 Å². The minimum absolute atomic E-state index is 0.0398. The number of aryl methyl sites for hydroxylation is 1. The molecule has 4 aromatic rings. The highest BCUT2D eigenvalue weighted by Gasteiger charge is 2.62. The molecule has 1 amide bonds. The zero-order valence-corrected chi connectivity index (χ0v) is 26.3. The number of hydrogen-bond acceptors (Lipinski definition) is 4. The molecule has 3 aliphatic rings. The molecule has 2 fully saturated rings. The molecule has 1 N–H and O–H groups in total. The average molecular weight is 672 g/mol. The van der Waals surface area contributed by atoms with E-state index in [-0.39, 0.29) is 22.9 Å². The summed E-state index contributed by atoms with van der Waals surface area (Å²) in [5.74, 6) is -0.253. The van der Waals surface area contributed by atoms with Crippen LogP contribution in [0.3, 0.4) is 0 Å². The Hall–Kier alpha value is -2.65. The van der Waals surface area contributed by atoms with Crippen molar-refractivity contribution < 1.29 is 13.9 Å². The largest absolute Gasteiger partial charge is 0.476 e. The van der Waals surface area contributed by atoms with Crippen LogP contribution in [-0.4, -0.2) is 45.3 Å². The Morgan fingerprint density at radius 3 is 2.74 bits per heavy atom. The fourth-order valence-electron chi connectivity index (χ4n) is 7.00. The van der Waals surface area contributed by atoms with E-state index in [0.29, 0.717) is 41.2 Å². The summed E-state index contributed by atoms with van der Waals surface area (Å²) in [5, 5.41) is 9.53. The summed E-state index contributed by atoms with van der Waals surface area (Å²) in [6.07, 6.45) is 2.22. The standard InChI is InChI=1S/C32H30BrCl2FN4O2/c1-17-11-26-22(13-24(17)33)30-40(38-26)15-23-27(16-42-30)39(14-18-9-10-18)32(2,28(23)21-7-4-8-25(35)29(21)36)31(41)37-20-6-3-5-19(34)12-20/h3-8,11-13,18,23,27-28H,9-10,14-16H2,1-2H3,(H,37,41)/t23-,27+,28+,32-/m1/s1. The number of carbonyl (C=O) groups is 1. The molecule has 6 nitrogen and oxygen atoms in total. The van der Waals surface area contributed by atoms with Gasteiger partial charge in [0.25, 0.3) is 0 Å². The van der Waals surface area contributed by atoms with Crippen LogP contribution in [-0.2, 0) is 11.3 Å². The minimum Gasteiger partial charge on any atom is -0.476 e. The number of fused-ring (bicyclic) bond motifs is 4. The van der Waals surface area contributed by atoms with Crippen LogP contribution in [0.1, 0.15) is 36.8 Å². The van der Waals surface area contributed by atoms with Gasteiger partial charge in [0.2, 0.25) is 11.8 Å². The van der Waals surface area contributed by atoms with Gasteiger partial charge < -0.3 is 10.1 Å². The molecule has 0 bridgehead atoms. The van der Waals surface area contributed by atoms with Crippen molar-refractivity contribution >= 4 is 61.6 Å². The van der Waals surface area contributed by atoms with E-state index in [1.165, 1.54) is 0 Å². The van der Waals surface area contributed by atoms with Gasteiger partial charge >= 0.3 is 0 Å². The van der Waals surface area contributed by atoms with E-state index in [4.69, 9.17) is 33.0 Å². The number of benzene rings is 3. The Bertz CT molecular complexity index is 1730. The van der Waals surface area contributed by atoms with Crippen LogP contribution in [0.4, 0.5) is 10.1 Å². The smallest absolute Gasteiger partial charge is 0.245 e. The van der Waals surface area contributed by atoms with E-state index in [1.54, 1.807) is 36.4 Å². The molecule has 3 aromatic carbocycles. The van der Waals surface area contributed by atoms with E-state index >= 15 is 4.39 Å². The number of carbonyl (C=O) groups excluding carboxylic acids is 1. The third kappa shape index (κ3) is 4.62. The van der Waals surface area contributed by atoms with Crippen molar-refractivity contribution in [2.75, 3.05) is 18.5 Å². The van der Waals surface area contributed by atoms with Crippen molar-refractivity contribution in [2.24, 2.45) is 11.8 Å². The summed E-state index contributed by atoms with van der Waals surface area (Å²) in [5.41, 5.74) is 1.82. The van der Waals surface area contributed by atoms with Gasteiger partial charge in [-0.1, -0.05) is 57.3 Å². The van der Waals surface area contributed by atoms with Crippen LogP contribution in [0.2, 0.25) is 10.0 Å². The molecule has 2 aliphatic heterocycles. The predicted octanol–water partition coefficient (Wildman–Crippen LogP) is 7.84. The van der Waals surface area contributed by atoms with Gasteiger partial charge in [0, 0.05) is 40.1 Å². The van der Waals surface area contributed by atoms with Gasteiger partial charge in [-0.3, -0.25) is 9.69 Å². The molecular weight excluding hydrogens is 642 g/mol. The number of likely N-dealkylation sites (tertiary alicyclic amines) is 1. The average Bonchev–Trinajstić information content (AvgIpc) is 3.70. The second kappa shape index (κ2) is 10.5. The quantitative estimate of drug-likeness (QED) is 0.235. The molecule has 1 saturated carbocycles. The fraction of sp³-hybridized carbons (Fsp3) is 0.375. The second-order valence-electron chi connectivity index (χ2n) is 12.0. The summed E-state index contributed by atoms with van der Waals surface area (Å²) in [6.45, 7) is 5.50. The Morgan fingerprint density at radius 1 is 1.19 bits per heavy atom. The zero-order valence-electron chi connectivity index (χ0n) is 23.2. The molecular formula is C32H30BrCl2FN4O2. The number of halogens is 4. The van der Waals surface area contributed by atoms with Gasteiger partial charge in [0.05, 0.1) is 22.0 Å². The first kappa shape index (κ1) is 28.1. The molecule has 0 unspecified atom stereocenters. The van der Waals surface area contributed by atoms with E-state index < -0.39 is 17.3 Å². The summed E-state index contributed by atoms with van der Waals surface area (Å²) in [7, 11) is 0. The molecule has 1 saturated heterocycles. The number of hydrogen-bond donors (Lipinski definition) is 1. The number of nitrogens with one attached hydrogen (secondary N) is 1. The molecule has 10 heteroatoms. The Balaban J connectivity index is 1.38. The molecule has 218 valence electrons. The van der Waals surface area contributed by atoms with E-state index in [9.17, 15) is 4.79 Å². The van der Waals surface area contributed by atoms with Gasteiger partial charge in [-0.25, -0.2) is 9.07 Å². The maximum atomic E-state index is 16.0. The summed E-state index contributed by atoms with van der Waals surface area (Å²) >= 11 is 16.3. The number of nitrogens with zero attached hydrogens (tertiary/aromatic N) is 3. The third-order valence-electron chi connectivity index (χ3n) is 9.28. The molecule has 42 heavy (non-hydrogen) atoms. The molecule has 0 spiro atoms. The maximum Gasteiger partial charge on any atom is 0.245 e. The van der Waals surface area contributed by atoms with Crippen molar-refractivity contribution in [1.29, 1.82) is 0 Å². The monoisotopic (exact) mass is 670 g/mol. The van der Waals surface area contributed by atoms with E-state index in [2.05, 4.69) is 26.1 Å². The van der Waals surface area contributed by atoms with Crippen molar-refractivity contribution in [3.8, 4) is 5.88 Å². The molecule has 4 atom stereocenters. The lowest BCUT2D eigenvalue weighted by Crippen LogP contribution is -2.57.